The molecule has 0 spiro atoms. The maximum Gasteiger partial charge on any atom is 0.260 e. The lowest BCUT2D eigenvalue weighted by Gasteiger charge is -2.19. The van der Waals surface area contributed by atoms with Crippen molar-refractivity contribution in [1.29, 1.82) is 0 Å². The van der Waals surface area contributed by atoms with Crippen LogP contribution in [0.4, 0.5) is 14.5 Å². The molecule has 2 aromatic rings. The van der Waals surface area contributed by atoms with Crippen molar-refractivity contribution in [2.45, 2.75) is 20.3 Å². The summed E-state index contributed by atoms with van der Waals surface area (Å²) in [6, 6.07) is 7.18. The molecule has 172 valence electrons. The molecular formula is C22H24ClF2N3O4. The number of nitrogens with one attached hydrogen (secondary N) is 2. The third-order valence-corrected chi connectivity index (χ3v) is 4.79. The Morgan fingerprint density at radius 2 is 1.78 bits per heavy atom. The van der Waals surface area contributed by atoms with Crippen LogP contribution in [0, 0.1) is 11.6 Å². The van der Waals surface area contributed by atoms with E-state index >= 15 is 0 Å². The van der Waals surface area contributed by atoms with Crippen molar-refractivity contribution in [1.82, 2.24) is 10.2 Å². The highest BCUT2D eigenvalue weighted by Gasteiger charge is 2.14. The quantitative estimate of drug-likeness (QED) is 0.558. The number of halogens is 3. The Balaban J connectivity index is 1.82. The number of amides is 3. The first kappa shape index (κ1) is 25.1. The number of ether oxygens (including phenoxy) is 1. The number of carbonyl (C=O) groups is 3. The van der Waals surface area contributed by atoms with Gasteiger partial charge in [-0.05, 0) is 44.2 Å². The van der Waals surface area contributed by atoms with Gasteiger partial charge in [0.05, 0.1) is 10.6 Å². The van der Waals surface area contributed by atoms with Gasteiger partial charge in [0.2, 0.25) is 5.91 Å². The second-order valence-corrected chi connectivity index (χ2v) is 7.09. The molecule has 0 aliphatic carbocycles. The van der Waals surface area contributed by atoms with Crippen LogP contribution in [0.3, 0.4) is 0 Å². The minimum Gasteiger partial charge on any atom is -0.482 e. The molecule has 3 amide bonds. The fraction of sp³-hybridized carbons (Fsp3) is 0.318. The van der Waals surface area contributed by atoms with Gasteiger partial charge in [0.25, 0.3) is 11.8 Å². The van der Waals surface area contributed by atoms with Crippen molar-refractivity contribution in [2.75, 3.05) is 31.6 Å². The normalized spacial score (nSPS) is 10.4. The Morgan fingerprint density at radius 3 is 2.41 bits per heavy atom. The predicted molar refractivity (Wildman–Crippen MR) is 117 cm³/mol. The molecule has 0 atom stereocenters. The van der Waals surface area contributed by atoms with Crippen LogP contribution in [0.25, 0.3) is 0 Å². The molecule has 2 aromatic carbocycles. The van der Waals surface area contributed by atoms with Gasteiger partial charge in [0.15, 0.2) is 6.61 Å². The predicted octanol–water partition coefficient (Wildman–Crippen LogP) is 3.62. The lowest BCUT2D eigenvalue weighted by Crippen LogP contribution is -2.34. The molecular weight excluding hydrogens is 444 g/mol. The van der Waals surface area contributed by atoms with Gasteiger partial charge in [-0.2, -0.15) is 0 Å². The van der Waals surface area contributed by atoms with Gasteiger partial charge in [-0.3, -0.25) is 14.4 Å². The minimum atomic E-state index is -0.984. The molecule has 0 aliphatic heterocycles. The molecule has 10 heteroatoms. The van der Waals surface area contributed by atoms with E-state index in [1.54, 1.807) is 11.0 Å². The molecule has 0 saturated carbocycles. The van der Waals surface area contributed by atoms with E-state index in [1.165, 1.54) is 12.1 Å². The van der Waals surface area contributed by atoms with Crippen molar-refractivity contribution >= 4 is 35.0 Å². The molecule has 7 nitrogen and oxygen atoms in total. The number of benzene rings is 2. The largest absolute Gasteiger partial charge is 0.482 e. The molecule has 0 unspecified atom stereocenters. The maximum absolute atomic E-state index is 13.6. The van der Waals surface area contributed by atoms with E-state index in [2.05, 4.69) is 10.6 Å². The summed E-state index contributed by atoms with van der Waals surface area (Å²) in [7, 11) is 0. The minimum absolute atomic E-state index is 0.0517. The number of likely N-dealkylation sites (N-methyl/N-ethyl adjacent to an activating group) is 1. The first-order chi connectivity index (χ1) is 15.2. The molecule has 2 N–H and O–H groups in total. The van der Waals surface area contributed by atoms with E-state index in [9.17, 15) is 23.2 Å². The number of rotatable bonds is 10. The molecule has 32 heavy (non-hydrogen) atoms. The van der Waals surface area contributed by atoms with Crippen LogP contribution < -0.4 is 15.4 Å². The van der Waals surface area contributed by atoms with E-state index in [1.807, 2.05) is 13.8 Å². The zero-order valence-electron chi connectivity index (χ0n) is 17.7. The first-order valence-electron chi connectivity index (χ1n) is 9.98. The third kappa shape index (κ3) is 7.19. The fourth-order valence-electron chi connectivity index (χ4n) is 2.78. The van der Waals surface area contributed by atoms with Crippen LogP contribution in [-0.2, 0) is 9.59 Å². The molecule has 0 saturated heterocycles. The summed E-state index contributed by atoms with van der Waals surface area (Å²) in [5.41, 5.74) is 0.0898. The Labute approximate surface area is 189 Å². The van der Waals surface area contributed by atoms with Gasteiger partial charge < -0.3 is 20.3 Å². The second-order valence-electron chi connectivity index (χ2n) is 6.68. The second kappa shape index (κ2) is 12.0. The number of anilines is 1. The summed E-state index contributed by atoms with van der Waals surface area (Å²) in [4.78, 5) is 37.6. The maximum atomic E-state index is 13.6. The average Bonchev–Trinajstić information content (AvgIpc) is 2.74. The van der Waals surface area contributed by atoms with Crippen LogP contribution in [0.15, 0.2) is 36.4 Å². The molecule has 2 rings (SSSR count). The summed E-state index contributed by atoms with van der Waals surface area (Å²) >= 11 is 6.16. The standard InChI is InChI=1S/C22H24ClF2N3O4/c1-3-28(4-2)21(30)13-32-19-8-6-15(12-17(19)23)27-20(29)9-10-26-22(31)16-7-5-14(24)11-18(16)25/h5-8,11-12H,3-4,9-10,13H2,1-2H3,(H,26,31)(H,27,29). The van der Waals surface area contributed by atoms with Crippen LogP contribution in [-0.4, -0.2) is 48.9 Å². The van der Waals surface area contributed by atoms with Crippen molar-refractivity contribution in [3.8, 4) is 5.75 Å². The number of nitrogens with zero attached hydrogens (tertiary/aromatic N) is 1. The first-order valence-corrected chi connectivity index (χ1v) is 10.4. The summed E-state index contributed by atoms with van der Waals surface area (Å²) in [5, 5.41) is 5.23. The fourth-order valence-corrected chi connectivity index (χ4v) is 3.02. The Kier molecular flexibility index (Phi) is 9.39. The van der Waals surface area contributed by atoms with Crippen molar-refractivity contribution in [3.05, 3.63) is 58.6 Å². The highest BCUT2D eigenvalue weighted by atomic mass is 35.5. The highest BCUT2D eigenvalue weighted by molar-refractivity contribution is 6.32. The zero-order chi connectivity index (χ0) is 23.7. The molecule has 0 fully saturated rings. The highest BCUT2D eigenvalue weighted by Crippen LogP contribution is 2.27. The Morgan fingerprint density at radius 1 is 1.06 bits per heavy atom. The van der Waals surface area contributed by atoms with E-state index in [4.69, 9.17) is 16.3 Å². The summed E-state index contributed by atoms with van der Waals surface area (Å²) in [6.07, 6.45) is -0.0806. The van der Waals surface area contributed by atoms with Crippen LogP contribution >= 0.6 is 11.6 Å². The van der Waals surface area contributed by atoms with Crippen molar-refractivity contribution in [3.63, 3.8) is 0 Å². The summed E-state index contributed by atoms with van der Waals surface area (Å²) in [5.74, 6) is -2.79. The molecule has 0 radical (unpaired) electrons. The third-order valence-electron chi connectivity index (χ3n) is 4.50. The molecule has 0 bridgehead atoms. The van der Waals surface area contributed by atoms with Gasteiger partial charge in [-0.1, -0.05) is 11.6 Å². The van der Waals surface area contributed by atoms with Gasteiger partial charge in [0, 0.05) is 37.8 Å². The lowest BCUT2D eigenvalue weighted by atomic mass is 10.2. The Hall–Kier alpha value is -3.20. The molecule has 0 aliphatic rings. The molecule has 0 heterocycles. The zero-order valence-corrected chi connectivity index (χ0v) is 18.5. The van der Waals surface area contributed by atoms with Crippen molar-refractivity contribution in [2.24, 2.45) is 0 Å². The summed E-state index contributed by atoms with van der Waals surface area (Å²) in [6.45, 7) is 4.70. The van der Waals surface area contributed by atoms with Crippen LogP contribution in [0.5, 0.6) is 5.75 Å². The van der Waals surface area contributed by atoms with Gasteiger partial charge >= 0.3 is 0 Å². The smallest absolute Gasteiger partial charge is 0.260 e. The van der Waals surface area contributed by atoms with Crippen LogP contribution in [0.1, 0.15) is 30.6 Å². The van der Waals surface area contributed by atoms with Crippen molar-refractivity contribution < 1.29 is 27.9 Å². The topological polar surface area (TPSA) is 87.7 Å². The van der Waals surface area contributed by atoms with E-state index in [0.717, 1.165) is 12.1 Å². The number of hydrogen-bond acceptors (Lipinski definition) is 4. The van der Waals surface area contributed by atoms with Crippen LogP contribution in [0.2, 0.25) is 5.02 Å². The Bertz CT molecular complexity index is 984. The van der Waals surface area contributed by atoms with E-state index < -0.39 is 23.4 Å². The number of carbonyl (C=O) groups excluding carboxylic acids is 3. The lowest BCUT2D eigenvalue weighted by molar-refractivity contribution is -0.133. The van der Waals surface area contributed by atoms with E-state index in [-0.39, 0.29) is 36.1 Å². The van der Waals surface area contributed by atoms with Gasteiger partial charge in [-0.25, -0.2) is 8.78 Å². The number of hydrogen-bond donors (Lipinski definition) is 2. The average molecular weight is 468 g/mol. The monoisotopic (exact) mass is 467 g/mol. The van der Waals surface area contributed by atoms with E-state index in [0.29, 0.717) is 30.6 Å². The molecule has 0 aromatic heterocycles. The SMILES string of the molecule is CCN(CC)C(=O)COc1ccc(NC(=O)CCNC(=O)c2ccc(F)cc2F)cc1Cl. The summed E-state index contributed by atoms with van der Waals surface area (Å²) < 4.78 is 32.0. The van der Waals surface area contributed by atoms with Gasteiger partial charge in [0.1, 0.15) is 17.4 Å². The van der Waals surface area contributed by atoms with Gasteiger partial charge in [-0.15, -0.1) is 0 Å².